The first-order valence-electron chi connectivity index (χ1n) is 9.19. The van der Waals surface area contributed by atoms with Crippen molar-refractivity contribution in [2.24, 2.45) is 0 Å². The minimum absolute atomic E-state index is 0.0706. The van der Waals surface area contributed by atoms with E-state index in [1.54, 1.807) is 10.7 Å². The maximum atomic E-state index is 11.4. The first-order chi connectivity index (χ1) is 14.8. The second-order valence-electron chi connectivity index (χ2n) is 6.67. The molecule has 0 aliphatic carbocycles. The molecule has 0 atom stereocenters. The first-order valence-corrected chi connectivity index (χ1v) is 9.95. The minimum atomic E-state index is -0.532. The molecule has 0 aromatic carbocycles. The number of rotatable bonds is 7. The van der Waals surface area contributed by atoms with Crippen LogP contribution < -0.4 is 4.74 Å². The number of aryl methyl sites for hydroxylation is 3. The fourth-order valence-corrected chi connectivity index (χ4v) is 3.42. The van der Waals surface area contributed by atoms with Gasteiger partial charge in [-0.25, -0.2) is 14.3 Å². The zero-order chi connectivity index (χ0) is 22.1. The van der Waals surface area contributed by atoms with E-state index in [-0.39, 0.29) is 28.6 Å². The van der Waals surface area contributed by atoms with E-state index < -0.39 is 4.92 Å². The Labute approximate surface area is 185 Å². The molecule has 160 valence electrons. The number of fused-ring (bicyclic) bond motifs is 1. The molecule has 4 rings (SSSR count). The van der Waals surface area contributed by atoms with Gasteiger partial charge in [-0.2, -0.15) is 10.1 Å². The fraction of sp³-hybridized carbons (Fsp3) is 0.278. The maximum absolute atomic E-state index is 11.4. The van der Waals surface area contributed by atoms with Crippen LogP contribution in [0.2, 0.25) is 10.4 Å². The van der Waals surface area contributed by atoms with Crippen LogP contribution in [0.25, 0.3) is 16.7 Å². The predicted molar refractivity (Wildman–Crippen MR) is 113 cm³/mol. The van der Waals surface area contributed by atoms with E-state index in [2.05, 4.69) is 25.1 Å². The Morgan fingerprint density at radius 1 is 1.19 bits per heavy atom. The Hall–Kier alpha value is -3.31. The lowest BCUT2D eigenvalue weighted by Gasteiger charge is -2.06. The number of aromatic nitrogens is 7. The van der Waals surface area contributed by atoms with Crippen LogP contribution in [0.5, 0.6) is 5.88 Å². The highest BCUT2D eigenvalue weighted by atomic mass is 35.5. The van der Waals surface area contributed by atoms with Gasteiger partial charge in [-0.1, -0.05) is 11.6 Å². The number of hydrogen-bond donors (Lipinski definition) is 0. The fourth-order valence-electron chi connectivity index (χ4n) is 3.06. The third-order valence-electron chi connectivity index (χ3n) is 4.47. The third-order valence-corrected chi connectivity index (χ3v) is 4.93. The predicted octanol–water partition coefficient (Wildman–Crippen LogP) is 3.71. The van der Waals surface area contributed by atoms with Crippen LogP contribution in [0.15, 0.2) is 24.5 Å². The van der Waals surface area contributed by atoms with E-state index in [0.717, 1.165) is 5.69 Å². The van der Waals surface area contributed by atoms with Gasteiger partial charge in [-0.3, -0.25) is 15.1 Å². The highest BCUT2D eigenvalue weighted by Gasteiger charge is 2.22. The molecule has 4 aromatic heterocycles. The molecule has 0 aliphatic heterocycles. The lowest BCUT2D eigenvalue weighted by Crippen LogP contribution is -2.08. The van der Waals surface area contributed by atoms with Gasteiger partial charge in [0.25, 0.3) is 0 Å². The average Bonchev–Trinajstić information content (AvgIpc) is 3.26. The highest BCUT2D eigenvalue weighted by molar-refractivity contribution is 6.34. The summed E-state index contributed by atoms with van der Waals surface area (Å²) < 4.78 is 8.59. The van der Waals surface area contributed by atoms with Crippen LogP contribution in [0.3, 0.4) is 0 Å². The van der Waals surface area contributed by atoms with E-state index in [0.29, 0.717) is 35.4 Å². The Morgan fingerprint density at radius 2 is 2.00 bits per heavy atom. The average molecular weight is 463 g/mol. The van der Waals surface area contributed by atoms with Crippen LogP contribution in [-0.4, -0.2) is 46.0 Å². The summed E-state index contributed by atoms with van der Waals surface area (Å²) in [6.07, 6.45) is 3.29. The normalized spacial score (nSPS) is 11.2. The smallest absolute Gasteiger partial charge is 0.350 e. The molecule has 0 bridgehead atoms. The largest absolute Gasteiger partial charge is 0.472 e. The summed E-state index contributed by atoms with van der Waals surface area (Å²) in [6, 6.07) is 3.61. The van der Waals surface area contributed by atoms with Crippen LogP contribution in [0.1, 0.15) is 17.8 Å². The summed E-state index contributed by atoms with van der Waals surface area (Å²) >= 11 is 11.9. The molecule has 0 spiro atoms. The van der Waals surface area contributed by atoms with Gasteiger partial charge in [0.2, 0.25) is 5.28 Å². The SMILES string of the molecule is Cc1ccc(-n2cc([N+](=O)[O-])c(OCCCn3nc(Cl)c4cnc(Cl)nc43)n2)c(C)n1. The summed E-state index contributed by atoms with van der Waals surface area (Å²) in [4.78, 5) is 23.3. The Morgan fingerprint density at radius 3 is 2.74 bits per heavy atom. The topological polar surface area (TPSA) is 127 Å². The van der Waals surface area contributed by atoms with E-state index in [9.17, 15) is 10.1 Å². The molecule has 13 heteroatoms. The molecule has 0 radical (unpaired) electrons. The third kappa shape index (κ3) is 4.28. The molecule has 0 aliphatic rings. The van der Waals surface area contributed by atoms with Crippen LogP contribution in [-0.2, 0) is 6.54 Å². The van der Waals surface area contributed by atoms with Crippen LogP contribution in [0.4, 0.5) is 5.69 Å². The summed E-state index contributed by atoms with van der Waals surface area (Å²) in [5.74, 6) is -0.0706. The molecule has 0 fully saturated rings. The van der Waals surface area contributed by atoms with E-state index >= 15 is 0 Å². The second kappa shape index (κ2) is 8.44. The molecular formula is C18H16Cl2N8O3. The molecule has 0 unspecified atom stereocenters. The number of ether oxygens (including phenoxy) is 1. The van der Waals surface area contributed by atoms with E-state index in [4.69, 9.17) is 27.9 Å². The van der Waals surface area contributed by atoms with Gasteiger partial charge in [-0.15, -0.1) is 5.10 Å². The maximum Gasteiger partial charge on any atom is 0.350 e. The summed E-state index contributed by atoms with van der Waals surface area (Å²) in [6.45, 7) is 4.26. The zero-order valence-corrected chi connectivity index (χ0v) is 18.0. The lowest BCUT2D eigenvalue weighted by atomic mass is 10.3. The van der Waals surface area contributed by atoms with Crippen molar-refractivity contribution in [1.29, 1.82) is 0 Å². The van der Waals surface area contributed by atoms with Crippen molar-refractivity contribution in [2.75, 3.05) is 6.61 Å². The van der Waals surface area contributed by atoms with Gasteiger partial charge in [-0.05, 0) is 37.6 Å². The number of nitrogens with zero attached hydrogens (tertiary/aromatic N) is 8. The molecular weight excluding hydrogens is 447 g/mol. The van der Waals surface area contributed by atoms with Gasteiger partial charge in [0.1, 0.15) is 6.20 Å². The van der Waals surface area contributed by atoms with Gasteiger partial charge in [0.15, 0.2) is 10.8 Å². The van der Waals surface area contributed by atoms with Gasteiger partial charge in [0.05, 0.1) is 28.3 Å². The molecule has 31 heavy (non-hydrogen) atoms. The van der Waals surface area contributed by atoms with Crippen molar-refractivity contribution in [3.8, 4) is 11.6 Å². The zero-order valence-electron chi connectivity index (χ0n) is 16.5. The van der Waals surface area contributed by atoms with Crippen molar-refractivity contribution in [3.63, 3.8) is 0 Å². The standard InChI is InChI=1S/C18H16Cl2N8O3/c1-10-4-5-13(11(2)22-10)27-9-14(28(29)30)17(25-27)31-7-3-6-26-16-12(15(19)24-26)8-21-18(20)23-16/h4-5,8-9H,3,6-7H2,1-2H3. The molecule has 0 saturated heterocycles. The quantitative estimate of drug-likeness (QED) is 0.176. The minimum Gasteiger partial charge on any atom is -0.472 e. The van der Waals surface area contributed by atoms with Crippen molar-refractivity contribution in [2.45, 2.75) is 26.8 Å². The first kappa shape index (κ1) is 20.9. The van der Waals surface area contributed by atoms with Crippen LogP contribution >= 0.6 is 23.2 Å². The Kier molecular flexibility index (Phi) is 5.70. The molecule has 11 nitrogen and oxygen atoms in total. The van der Waals surface area contributed by atoms with Gasteiger partial charge in [0, 0.05) is 24.9 Å². The van der Waals surface area contributed by atoms with Crippen molar-refractivity contribution in [1.82, 2.24) is 34.5 Å². The number of halogens is 2. The molecule has 0 N–H and O–H groups in total. The Balaban J connectivity index is 1.48. The summed E-state index contributed by atoms with van der Waals surface area (Å²) in [5.41, 5.74) is 2.46. The highest BCUT2D eigenvalue weighted by Crippen LogP contribution is 2.27. The monoisotopic (exact) mass is 462 g/mol. The molecule has 0 amide bonds. The van der Waals surface area contributed by atoms with Crippen LogP contribution in [0, 0.1) is 24.0 Å². The van der Waals surface area contributed by atoms with Crippen molar-refractivity contribution >= 4 is 39.9 Å². The second-order valence-corrected chi connectivity index (χ2v) is 7.37. The van der Waals surface area contributed by atoms with Gasteiger partial charge < -0.3 is 4.74 Å². The summed E-state index contributed by atoms with van der Waals surface area (Å²) in [7, 11) is 0. The number of pyridine rings is 1. The van der Waals surface area contributed by atoms with E-state index in [1.165, 1.54) is 17.1 Å². The number of nitro groups is 1. The van der Waals surface area contributed by atoms with E-state index in [1.807, 2.05) is 19.9 Å². The van der Waals surface area contributed by atoms with Crippen molar-refractivity contribution in [3.05, 3.63) is 56.5 Å². The molecule has 4 heterocycles. The Bertz CT molecular complexity index is 1290. The molecule has 0 saturated carbocycles. The van der Waals surface area contributed by atoms with Crippen molar-refractivity contribution < 1.29 is 9.66 Å². The lowest BCUT2D eigenvalue weighted by molar-refractivity contribution is -0.385. The number of hydrogen-bond acceptors (Lipinski definition) is 8. The molecule has 4 aromatic rings. The summed E-state index contributed by atoms with van der Waals surface area (Å²) in [5, 5.41) is 20.8. The van der Waals surface area contributed by atoms with Gasteiger partial charge >= 0.3 is 11.6 Å².